The summed E-state index contributed by atoms with van der Waals surface area (Å²) in [7, 11) is 0. The molecule has 35 heavy (non-hydrogen) atoms. The van der Waals surface area contributed by atoms with Crippen LogP contribution in [0.3, 0.4) is 0 Å². The molecule has 3 heterocycles. The molecule has 2 aromatic carbocycles. The van der Waals surface area contributed by atoms with E-state index < -0.39 is 0 Å². The van der Waals surface area contributed by atoms with Gasteiger partial charge in [-0.15, -0.1) is 0 Å². The first-order chi connectivity index (χ1) is 17.0. The van der Waals surface area contributed by atoms with E-state index >= 15 is 0 Å². The highest BCUT2D eigenvalue weighted by molar-refractivity contribution is 8.18. The molecule has 2 aliphatic rings. The average molecular weight is 507 g/mol. The lowest BCUT2D eigenvalue weighted by atomic mass is 9.99. The molecule has 0 spiro atoms. The summed E-state index contributed by atoms with van der Waals surface area (Å²) in [6.45, 7) is 7.49. The Hall–Kier alpha value is -2.87. The van der Waals surface area contributed by atoms with Crippen LogP contribution >= 0.6 is 23.4 Å². The van der Waals surface area contributed by atoms with Crippen molar-refractivity contribution in [1.29, 1.82) is 0 Å². The SMILES string of the molecule is CCCCN1CCN(c2ccc(-c3cccc4ncc(C=C5SC(=O)NC5=O)cc34)cc2Cl)CC1. The molecular formula is C27H27ClN4O2S. The van der Waals surface area contributed by atoms with Gasteiger partial charge >= 0.3 is 0 Å². The smallest absolute Gasteiger partial charge is 0.290 e. The van der Waals surface area contributed by atoms with Gasteiger partial charge in [0.25, 0.3) is 11.1 Å². The molecule has 8 heteroatoms. The lowest BCUT2D eigenvalue weighted by Gasteiger charge is -2.36. The lowest BCUT2D eigenvalue weighted by Crippen LogP contribution is -2.46. The maximum Gasteiger partial charge on any atom is 0.290 e. The maximum absolute atomic E-state index is 11.9. The van der Waals surface area contributed by atoms with Crippen LogP contribution in [0.15, 0.2) is 53.6 Å². The Morgan fingerprint density at radius 2 is 1.94 bits per heavy atom. The summed E-state index contributed by atoms with van der Waals surface area (Å²) < 4.78 is 0. The van der Waals surface area contributed by atoms with Crippen LogP contribution in [0, 0.1) is 0 Å². The van der Waals surface area contributed by atoms with E-state index in [1.54, 1.807) is 12.3 Å². The average Bonchev–Trinajstić information content (AvgIpc) is 3.18. The molecule has 2 fully saturated rings. The van der Waals surface area contributed by atoms with Crippen molar-refractivity contribution in [1.82, 2.24) is 15.2 Å². The van der Waals surface area contributed by atoms with Gasteiger partial charge in [-0.3, -0.25) is 24.8 Å². The van der Waals surface area contributed by atoms with E-state index in [0.717, 1.165) is 76.2 Å². The van der Waals surface area contributed by atoms with E-state index in [4.69, 9.17) is 11.6 Å². The van der Waals surface area contributed by atoms with Crippen molar-refractivity contribution >= 4 is 57.2 Å². The number of fused-ring (bicyclic) bond motifs is 1. The zero-order valence-electron chi connectivity index (χ0n) is 19.6. The minimum atomic E-state index is -0.373. The molecule has 0 radical (unpaired) electrons. The first-order valence-electron chi connectivity index (χ1n) is 11.9. The summed E-state index contributed by atoms with van der Waals surface area (Å²) in [5.41, 5.74) is 4.73. The van der Waals surface area contributed by atoms with Gasteiger partial charge < -0.3 is 4.90 Å². The number of anilines is 1. The van der Waals surface area contributed by atoms with Gasteiger partial charge in [0.15, 0.2) is 0 Å². The van der Waals surface area contributed by atoms with Gasteiger partial charge in [0, 0.05) is 37.8 Å². The number of hydrogen-bond donors (Lipinski definition) is 1. The van der Waals surface area contributed by atoms with Crippen LogP contribution < -0.4 is 10.2 Å². The monoisotopic (exact) mass is 506 g/mol. The minimum Gasteiger partial charge on any atom is -0.368 e. The Bertz CT molecular complexity index is 1320. The molecule has 0 bridgehead atoms. The Morgan fingerprint density at radius 1 is 1.11 bits per heavy atom. The van der Waals surface area contributed by atoms with Gasteiger partial charge in [-0.25, -0.2) is 0 Å². The number of nitrogens with one attached hydrogen (secondary N) is 1. The van der Waals surface area contributed by atoms with Crippen LogP contribution in [0.1, 0.15) is 25.3 Å². The summed E-state index contributed by atoms with van der Waals surface area (Å²) in [4.78, 5) is 33.3. The van der Waals surface area contributed by atoms with Gasteiger partial charge in [-0.2, -0.15) is 0 Å². The summed E-state index contributed by atoms with van der Waals surface area (Å²) in [5, 5.41) is 3.64. The van der Waals surface area contributed by atoms with Crippen molar-refractivity contribution in [3.63, 3.8) is 0 Å². The molecular weight excluding hydrogens is 480 g/mol. The third-order valence-electron chi connectivity index (χ3n) is 6.49. The third kappa shape index (κ3) is 5.22. The molecule has 2 amide bonds. The molecule has 0 atom stereocenters. The Balaban J connectivity index is 1.41. The third-order valence-corrected chi connectivity index (χ3v) is 7.60. The number of pyridine rings is 1. The number of amides is 2. The summed E-state index contributed by atoms with van der Waals surface area (Å²) in [6, 6.07) is 14.3. The largest absolute Gasteiger partial charge is 0.368 e. The predicted molar refractivity (Wildman–Crippen MR) is 145 cm³/mol. The molecule has 1 aromatic heterocycles. The number of imide groups is 1. The summed E-state index contributed by atoms with van der Waals surface area (Å²) in [5.74, 6) is -0.373. The number of halogens is 1. The number of thioether (sulfide) groups is 1. The number of piperazine rings is 1. The number of nitrogens with zero attached hydrogens (tertiary/aromatic N) is 3. The number of unbranched alkanes of at least 4 members (excludes halogenated alkanes) is 1. The van der Waals surface area contributed by atoms with Crippen LogP contribution in [0.4, 0.5) is 10.5 Å². The highest BCUT2D eigenvalue weighted by Crippen LogP contribution is 2.35. The standard InChI is InChI=1S/C27H27ClN4O2S/c1-2-3-9-31-10-12-32(13-11-31)24-8-7-19(16-22(24)28)20-5-4-6-23-21(20)14-18(17-29-23)15-25-26(33)30-27(34)35-25/h4-8,14-17H,2-3,9-13H2,1H3,(H,30,33,34). The second kappa shape index (κ2) is 10.4. The molecule has 2 aliphatic heterocycles. The quantitative estimate of drug-likeness (QED) is 0.426. The normalized spacial score (nSPS) is 18.0. The van der Waals surface area contributed by atoms with Gasteiger partial charge in [0.1, 0.15) is 0 Å². The topological polar surface area (TPSA) is 65.5 Å². The van der Waals surface area contributed by atoms with E-state index in [1.807, 2.05) is 24.3 Å². The summed E-state index contributed by atoms with van der Waals surface area (Å²) in [6.07, 6.45) is 5.89. The maximum atomic E-state index is 11.9. The van der Waals surface area contributed by atoms with Crippen molar-refractivity contribution < 1.29 is 9.59 Å². The molecule has 5 rings (SSSR count). The van der Waals surface area contributed by atoms with Crippen LogP contribution in [-0.2, 0) is 4.79 Å². The van der Waals surface area contributed by atoms with E-state index in [2.05, 4.69) is 45.2 Å². The van der Waals surface area contributed by atoms with E-state index in [9.17, 15) is 9.59 Å². The zero-order valence-corrected chi connectivity index (χ0v) is 21.2. The fraction of sp³-hybridized carbons (Fsp3) is 0.296. The summed E-state index contributed by atoms with van der Waals surface area (Å²) >= 11 is 7.70. The van der Waals surface area contributed by atoms with Gasteiger partial charge in [-0.1, -0.05) is 43.1 Å². The molecule has 6 nitrogen and oxygen atoms in total. The second-order valence-corrected chi connectivity index (χ2v) is 10.3. The fourth-order valence-corrected chi connectivity index (χ4v) is 5.58. The highest BCUT2D eigenvalue weighted by Gasteiger charge is 2.25. The second-order valence-electron chi connectivity index (χ2n) is 8.84. The van der Waals surface area contributed by atoms with Crippen molar-refractivity contribution in [2.75, 3.05) is 37.6 Å². The lowest BCUT2D eigenvalue weighted by molar-refractivity contribution is -0.115. The fourth-order valence-electron chi connectivity index (χ4n) is 4.59. The zero-order chi connectivity index (χ0) is 24.4. The van der Waals surface area contributed by atoms with Crippen LogP contribution in [0.5, 0.6) is 0 Å². The van der Waals surface area contributed by atoms with Gasteiger partial charge in [0.2, 0.25) is 0 Å². The Labute approximate surface area is 214 Å². The van der Waals surface area contributed by atoms with Crippen LogP contribution in [0.2, 0.25) is 5.02 Å². The first kappa shape index (κ1) is 23.9. The molecule has 0 unspecified atom stereocenters. The highest BCUT2D eigenvalue weighted by atomic mass is 35.5. The Kier molecular flexibility index (Phi) is 7.09. The van der Waals surface area contributed by atoms with Crippen LogP contribution in [-0.4, -0.2) is 53.8 Å². The van der Waals surface area contributed by atoms with Crippen LogP contribution in [0.25, 0.3) is 28.1 Å². The number of rotatable bonds is 6. The van der Waals surface area contributed by atoms with Crippen molar-refractivity contribution in [2.45, 2.75) is 19.8 Å². The number of carbonyl (C=O) groups excluding carboxylic acids is 2. The van der Waals surface area contributed by atoms with E-state index in [-0.39, 0.29) is 11.1 Å². The van der Waals surface area contributed by atoms with E-state index in [1.165, 1.54) is 19.4 Å². The minimum absolute atomic E-state index is 0.354. The van der Waals surface area contributed by atoms with E-state index in [0.29, 0.717) is 4.91 Å². The van der Waals surface area contributed by atoms with Crippen molar-refractivity contribution in [3.8, 4) is 11.1 Å². The molecule has 0 saturated carbocycles. The molecule has 1 N–H and O–H groups in total. The van der Waals surface area contributed by atoms with Gasteiger partial charge in [-0.05, 0) is 71.8 Å². The number of carbonyl (C=O) groups is 2. The van der Waals surface area contributed by atoms with Gasteiger partial charge in [0.05, 0.1) is 21.1 Å². The molecule has 0 aliphatic carbocycles. The first-order valence-corrected chi connectivity index (χ1v) is 13.1. The Morgan fingerprint density at radius 3 is 2.66 bits per heavy atom. The van der Waals surface area contributed by atoms with Crippen molar-refractivity contribution in [3.05, 3.63) is 64.2 Å². The molecule has 3 aromatic rings. The molecule has 2 saturated heterocycles. The number of aromatic nitrogens is 1. The number of benzene rings is 2. The molecule has 180 valence electrons. The predicted octanol–water partition coefficient (Wildman–Crippen LogP) is 5.80. The van der Waals surface area contributed by atoms with Crippen molar-refractivity contribution in [2.24, 2.45) is 0 Å². The number of hydrogen-bond acceptors (Lipinski definition) is 6.